The molecule has 0 spiro atoms. The molecule has 1 atom stereocenters. The standard InChI is InChI=1S/C22H26N2O4/c1-4-24(5-2)22(27)20(17-11-7-6-8-12-17)28-19(25)15-23-21(26)18-13-9-10-16(3)14-18/h6-14,20H,4-5,15H2,1-3H3,(H,23,26)/t20-/m1/s1. The molecule has 0 aliphatic heterocycles. The van der Waals surface area contributed by atoms with E-state index in [0.717, 1.165) is 5.56 Å². The van der Waals surface area contributed by atoms with Crippen molar-refractivity contribution in [3.63, 3.8) is 0 Å². The molecule has 0 unspecified atom stereocenters. The zero-order valence-corrected chi connectivity index (χ0v) is 16.5. The molecule has 0 aliphatic carbocycles. The van der Waals surface area contributed by atoms with Crippen LogP contribution in [0.4, 0.5) is 0 Å². The fourth-order valence-corrected chi connectivity index (χ4v) is 2.80. The van der Waals surface area contributed by atoms with Gasteiger partial charge in [-0.15, -0.1) is 0 Å². The number of carbonyl (C=O) groups excluding carboxylic acids is 3. The Morgan fingerprint density at radius 2 is 1.68 bits per heavy atom. The van der Waals surface area contributed by atoms with E-state index in [1.54, 1.807) is 47.4 Å². The van der Waals surface area contributed by atoms with Crippen molar-refractivity contribution in [3.05, 3.63) is 71.3 Å². The fourth-order valence-electron chi connectivity index (χ4n) is 2.80. The van der Waals surface area contributed by atoms with E-state index in [2.05, 4.69) is 5.32 Å². The second-order valence-corrected chi connectivity index (χ2v) is 6.34. The largest absolute Gasteiger partial charge is 0.446 e. The number of aryl methyl sites for hydroxylation is 1. The van der Waals surface area contributed by atoms with Crippen molar-refractivity contribution in [3.8, 4) is 0 Å². The molecule has 148 valence electrons. The lowest BCUT2D eigenvalue weighted by Gasteiger charge is -2.25. The summed E-state index contributed by atoms with van der Waals surface area (Å²) in [5.74, 6) is -1.32. The van der Waals surface area contributed by atoms with Crippen molar-refractivity contribution in [1.29, 1.82) is 0 Å². The number of amides is 2. The first-order valence-electron chi connectivity index (χ1n) is 9.34. The summed E-state index contributed by atoms with van der Waals surface area (Å²) < 4.78 is 5.45. The van der Waals surface area contributed by atoms with Crippen LogP contribution >= 0.6 is 0 Å². The minimum Gasteiger partial charge on any atom is -0.446 e. The Morgan fingerprint density at radius 3 is 2.29 bits per heavy atom. The van der Waals surface area contributed by atoms with Gasteiger partial charge < -0.3 is 15.0 Å². The third-order valence-corrected chi connectivity index (χ3v) is 4.32. The summed E-state index contributed by atoms with van der Waals surface area (Å²) in [5.41, 5.74) is 2.01. The monoisotopic (exact) mass is 382 g/mol. The molecule has 0 bridgehead atoms. The van der Waals surface area contributed by atoms with Gasteiger partial charge in [-0.25, -0.2) is 0 Å². The van der Waals surface area contributed by atoms with Gasteiger partial charge >= 0.3 is 5.97 Å². The molecule has 0 saturated carbocycles. The van der Waals surface area contributed by atoms with Gasteiger partial charge in [0, 0.05) is 24.2 Å². The van der Waals surface area contributed by atoms with Crippen LogP contribution in [0.5, 0.6) is 0 Å². The van der Waals surface area contributed by atoms with Gasteiger partial charge in [0.25, 0.3) is 11.8 Å². The number of likely N-dealkylation sites (N-methyl/N-ethyl adjacent to an activating group) is 1. The molecule has 0 aliphatic rings. The molecule has 2 aromatic rings. The average Bonchev–Trinajstić information content (AvgIpc) is 2.71. The normalized spacial score (nSPS) is 11.4. The van der Waals surface area contributed by atoms with Crippen molar-refractivity contribution in [2.75, 3.05) is 19.6 Å². The van der Waals surface area contributed by atoms with Gasteiger partial charge in [0.2, 0.25) is 6.10 Å². The van der Waals surface area contributed by atoms with E-state index < -0.39 is 12.1 Å². The van der Waals surface area contributed by atoms with Crippen molar-refractivity contribution in [1.82, 2.24) is 10.2 Å². The molecular formula is C22H26N2O4. The van der Waals surface area contributed by atoms with Crippen molar-refractivity contribution in [2.24, 2.45) is 0 Å². The molecule has 2 amide bonds. The van der Waals surface area contributed by atoms with Crippen LogP contribution in [0.2, 0.25) is 0 Å². The number of carbonyl (C=O) groups is 3. The van der Waals surface area contributed by atoms with E-state index in [1.165, 1.54) is 0 Å². The van der Waals surface area contributed by atoms with E-state index in [1.807, 2.05) is 32.9 Å². The lowest BCUT2D eigenvalue weighted by molar-refractivity contribution is -0.160. The van der Waals surface area contributed by atoms with Crippen molar-refractivity contribution in [2.45, 2.75) is 26.9 Å². The number of esters is 1. The highest BCUT2D eigenvalue weighted by Gasteiger charge is 2.28. The highest BCUT2D eigenvalue weighted by atomic mass is 16.5. The van der Waals surface area contributed by atoms with Gasteiger partial charge in [-0.05, 0) is 32.9 Å². The lowest BCUT2D eigenvalue weighted by atomic mass is 10.1. The van der Waals surface area contributed by atoms with E-state index in [0.29, 0.717) is 24.2 Å². The summed E-state index contributed by atoms with van der Waals surface area (Å²) in [6, 6.07) is 15.9. The van der Waals surface area contributed by atoms with Crippen LogP contribution in [-0.4, -0.2) is 42.3 Å². The van der Waals surface area contributed by atoms with Crippen LogP contribution in [0.3, 0.4) is 0 Å². The van der Waals surface area contributed by atoms with Crippen LogP contribution in [-0.2, 0) is 14.3 Å². The summed E-state index contributed by atoms with van der Waals surface area (Å²) in [5, 5.41) is 2.54. The molecule has 6 heteroatoms. The Labute approximate surface area is 165 Å². The number of hydrogen-bond acceptors (Lipinski definition) is 4. The Balaban J connectivity index is 2.05. The summed E-state index contributed by atoms with van der Waals surface area (Å²) in [6.45, 7) is 6.33. The highest BCUT2D eigenvalue weighted by Crippen LogP contribution is 2.20. The van der Waals surface area contributed by atoms with Crippen LogP contribution in [0, 0.1) is 6.92 Å². The summed E-state index contributed by atoms with van der Waals surface area (Å²) in [7, 11) is 0. The second kappa shape index (κ2) is 10.3. The number of benzene rings is 2. The maximum absolute atomic E-state index is 12.8. The maximum atomic E-state index is 12.8. The first-order chi connectivity index (χ1) is 13.5. The van der Waals surface area contributed by atoms with E-state index in [9.17, 15) is 14.4 Å². The van der Waals surface area contributed by atoms with Gasteiger partial charge in [-0.1, -0.05) is 48.0 Å². The highest BCUT2D eigenvalue weighted by molar-refractivity contribution is 5.96. The molecule has 1 N–H and O–H groups in total. The van der Waals surface area contributed by atoms with Gasteiger partial charge in [-0.2, -0.15) is 0 Å². The molecule has 28 heavy (non-hydrogen) atoms. The number of nitrogens with zero attached hydrogens (tertiary/aromatic N) is 1. The third kappa shape index (κ3) is 5.67. The van der Waals surface area contributed by atoms with Gasteiger partial charge in [0.1, 0.15) is 6.54 Å². The number of hydrogen-bond donors (Lipinski definition) is 1. The fraction of sp³-hybridized carbons (Fsp3) is 0.318. The zero-order valence-electron chi connectivity index (χ0n) is 16.5. The van der Waals surface area contributed by atoms with E-state index in [-0.39, 0.29) is 18.4 Å². The third-order valence-electron chi connectivity index (χ3n) is 4.32. The predicted molar refractivity (Wildman–Crippen MR) is 107 cm³/mol. The molecule has 0 aromatic heterocycles. The minimum atomic E-state index is -1.04. The van der Waals surface area contributed by atoms with Crippen LogP contribution < -0.4 is 5.32 Å². The molecular weight excluding hydrogens is 356 g/mol. The smallest absolute Gasteiger partial charge is 0.326 e. The first kappa shape index (κ1) is 21.2. The summed E-state index contributed by atoms with van der Waals surface area (Å²) in [4.78, 5) is 38.9. The Bertz CT molecular complexity index is 816. The van der Waals surface area contributed by atoms with Crippen LogP contribution in [0.25, 0.3) is 0 Å². The molecule has 2 aromatic carbocycles. The van der Waals surface area contributed by atoms with Gasteiger partial charge in [0.05, 0.1) is 0 Å². The number of rotatable bonds is 8. The zero-order chi connectivity index (χ0) is 20.5. The average molecular weight is 382 g/mol. The number of ether oxygens (including phenoxy) is 1. The minimum absolute atomic E-state index is 0.283. The molecule has 2 rings (SSSR count). The second-order valence-electron chi connectivity index (χ2n) is 6.34. The first-order valence-corrected chi connectivity index (χ1v) is 9.34. The summed E-state index contributed by atoms with van der Waals surface area (Å²) >= 11 is 0. The van der Waals surface area contributed by atoms with Crippen LogP contribution in [0.15, 0.2) is 54.6 Å². The molecule has 0 heterocycles. The predicted octanol–water partition coefficient (Wildman–Crippen LogP) is 2.88. The Morgan fingerprint density at radius 1 is 1.00 bits per heavy atom. The molecule has 6 nitrogen and oxygen atoms in total. The molecule has 0 radical (unpaired) electrons. The Hall–Kier alpha value is -3.15. The quantitative estimate of drug-likeness (QED) is 0.713. The van der Waals surface area contributed by atoms with Gasteiger partial charge in [-0.3, -0.25) is 14.4 Å². The van der Waals surface area contributed by atoms with E-state index in [4.69, 9.17) is 4.74 Å². The maximum Gasteiger partial charge on any atom is 0.326 e. The van der Waals surface area contributed by atoms with Crippen molar-refractivity contribution >= 4 is 17.8 Å². The molecule has 0 saturated heterocycles. The molecule has 0 fully saturated rings. The Kier molecular flexibility index (Phi) is 7.75. The number of nitrogens with one attached hydrogen (secondary N) is 1. The van der Waals surface area contributed by atoms with Crippen molar-refractivity contribution < 1.29 is 19.1 Å². The van der Waals surface area contributed by atoms with Gasteiger partial charge in [0.15, 0.2) is 0 Å². The summed E-state index contributed by atoms with van der Waals surface area (Å²) in [6.07, 6.45) is -1.04. The lowest BCUT2D eigenvalue weighted by Crippen LogP contribution is -2.38. The SMILES string of the molecule is CCN(CC)C(=O)[C@H](OC(=O)CNC(=O)c1cccc(C)c1)c1ccccc1. The topological polar surface area (TPSA) is 75.7 Å². The van der Waals surface area contributed by atoms with Crippen LogP contribution in [0.1, 0.15) is 41.4 Å². The van der Waals surface area contributed by atoms with E-state index >= 15 is 0 Å².